The molecule has 0 saturated heterocycles. The van der Waals surface area contributed by atoms with Crippen LogP contribution in [-0.4, -0.2) is 5.38 Å². The minimum absolute atomic E-state index is 0.0816. The predicted molar refractivity (Wildman–Crippen MR) is 62.3 cm³/mol. The van der Waals surface area contributed by atoms with Crippen LogP contribution in [0.4, 0.5) is 0 Å². The minimum Gasteiger partial charge on any atom is -0.132 e. The van der Waals surface area contributed by atoms with E-state index in [0.717, 1.165) is 10.8 Å². The molecule has 0 saturated carbocycles. The van der Waals surface area contributed by atoms with E-state index in [1.165, 1.54) is 5.56 Å². The molecule has 0 bridgehead atoms. The molecular formula is C10H14Cl2S. The first-order valence-corrected chi connectivity index (χ1v) is 6.00. The van der Waals surface area contributed by atoms with Gasteiger partial charge in [-0.05, 0) is 35.8 Å². The maximum Gasteiger partial charge on any atom is 0.0965 e. The summed E-state index contributed by atoms with van der Waals surface area (Å²) in [6.45, 7) is 6.38. The fraction of sp³-hybridized carbons (Fsp3) is 0.600. The second-order valence-corrected chi connectivity index (χ2v) is 6.24. The van der Waals surface area contributed by atoms with Crippen molar-refractivity contribution in [3.05, 3.63) is 21.3 Å². The molecule has 1 aromatic rings. The van der Waals surface area contributed by atoms with Gasteiger partial charge >= 0.3 is 0 Å². The molecule has 0 spiro atoms. The Kier molecular flexibility index (Phi) is 3.67. The molecule has 1 atom stereocenters. The SMILES string of the molecule is CC(Cl)CC(C)(C)c1ccsc1Cl. The van der Waals surface area contributed by atoms with Gasteiger partial charge in [0.1, 0.15) is 0 Å². The Morgan fingerprint density at radius 1 is 1.54 bits per heavy atom. The van der Waals surface area contributed by atoms with Gasteiger partial charge in [-0.3, -0.25) is 0 Å². The Morgan fingerprint density at radius 3 is 2.54 bits per heavy atom. The summed E-state index contributed by atoms with van der Waals surface area (Å²) in [5, 5.41) is 2.21. The van der Waals surface area contributed by atoms with Crippen LogP contribution in [0.3, 0.4) is 0 Å². The molecule has 74 valence electrons. The van der Waals surface area contributed by atoms with Crippen LogP contribution in [0.2, 0.25) is 4.34 Å². The molecule has 1 unspecified atom stereocenters. The average molecular weight is 237 g/mol. The number of rotatable bonds is 3. The summed E-state index contributed by atoms with van der Waals surface area (Å²) in [5.41, 5.74) is 1.30. The topological polar surface area (TPSA) is 0 Å². The summed E-state index contributed by atoms with van der Waals surface area (Å²) >= 11 is 13.7. The number of hydrogen-bond donors (Lipinski definition) is 0. The lowest BCUT2D eigenvalue weighted by Crippen LogP contribution is -2.20. The van der Waals surface area contributed by atoms with E-state index in [-0.39, 0.29) is 10.8 Å². The highest BCUT2D eigenvalue weighted by molar-refractivity contribution is 7.14. The van der Waals surface area contributed by atoms with Crippen molar-refractivity contribution < 1.29 is 0 Å². The molecule has 13 heavy (non-hydrogen) atoms. The summed E-state index contributed by atoms with van der Waals surface area (Å²) in [5.74, 6) is 0. The lowest BCUT2D eigenvalue weighted by molar-refractivity contribution is 0.478. The van der Waals surface area contributed by atoms with Crippen molar-refractivity contribution >= 4 is 34.5 Å². The Hall–Kier alpha value is 0.280. The van der Waals surface area contributed by atoms with Crippen LogP contribution in [-0.2, 0) is 5.41 Å². The van der Waals surface area contributed by atoms with E-state index in [9.17, 15) is 0 Å². The standard InChI is InChI=1S/C10H14Cl2S/c1-7(11)6-10(2,3)8-4-5-13-9(8)12/h4-5,7H,6H2,1-3H3. The zero-order valence-electron chi connectivity index (χ0n) is 8.10. The van der Waals surface area contributed by atoms with Crippen LogP contribution < -0.4 is 0 Å². The number of thiophene rings is 1. The van der Waals surface area contributed by atoms with Gasteiger partial charge in [0.15, 0.2) is 0 Å². The molecule has 0 aliphatic rings. The third-order valence-electron chi connectivity index (χ3n) is 2.14. The largest absolute Gasteiger partial charge is 0.132 e. The maximum atomic E-state index is 6.08. The van der Waals surface area contributed by atoms with Crippen molar-refractivity contribution in [3.63, 3.8) is 0 Å². The fourth-order valence-corrected chi connectivity index (χ4v) is 3.25. The van der Waals surface area contributed by atoms with Gasteiger partial charge < -0.3 is 0 Å². The van der Waals surface area contributed by atoms with Crippen LogP contribution in [0, 0.1) is 0 Å². The molecule has 1 heterocycles. The van der Waals surface area contributed by atoms with E-state index in [4.69, 9.17) is 23.2 Å². The second-order valence-electron chi connectivity index (χ2n) is 3.98. The van der Waals surface area contributed by atoms with Gasteiger partial charge in [0.2, 0.25) is 0 Å². The highest BCUT2D eigenvalue weighted by Gasteiger charge is 2.25. The minimum atomic E-state index is 0.0816. The molecule has 0 aliphatic carbocycles. The van der Waals surface area contributed by atoms with E-state index < -0.39 is 0 Å². The third kappa shape index (κ3) is 2.87. The smallest absolute Gasteiger partial charge is 0.0965 e. The highest BCUT2D eigenvalue weighted by Crippen LogP contribution is 2.37. The summed E-state index contributed by atoms with van der Waals surface area (Å²) in [6.07, 6.45) is 0.949. The Bertz CT molecular complexity index is 276. The van der Waals surface area contributed by atoms with E-state index in [2.05, 4.69) is 19.9 Å². The Morgan fingerprint density at radius 2 is 2.15 bits per heavy atom. The first-order chi connectivity index (χ1) is 5.93. The van der Waals surface area contributed by atoms with Crippen molar-refractivity contribution in [2.24, 2.45) is 0 Å². The molecule has 0 N–H and O–H groups in total. The van der Waals surface area contributed by atoms with E-state index in [1.54, 1.807) is 11.3 Å². The zero-order valence-corrected chi connectivity index (χ0v) is 10.4. The summed E-state index contributed by atoms with van der Waals surface area (Å²) in [4.78, 5) is 0. The zero-order chi connectivity index (χ0) is 10.1. The number of alkyl halides is 1. The molecule has 0 nitrogen and oxygen atoms in total. The van der Waals surface area contributed by atoms with Crippen molar-refractivity contribution in [2.45, 2.75) is 38.0 Å². The quantitative estimate of drug-likeness (QED) is 0.668. The lowest BCUT2D eigenvalue weighted by atomic mass is 9.82. The van der Waals surface area contributed by atoms with Gasteiger partial charge in [-0.1, -0.05) is 25.4 Å². The molecule has 0 radical (unpaired) electrons. The summed E-state index contributed by atoms with van der Waals surface area (Å²) < 4.78 is 0.891. The molecular weight excluding hydrogens is 223 g/mol. The first kappa shape index (κ1) is 11.4. The van der Waals surface area contributed by atoms with Crippen molar-refractivity contribution in [2.75, 3.05) is 0 Å². The number of hydrogen-bond acceptors (Lipinski definition) is 1. The van der Waals surface area contributed by atoms with Gasteiger partial charge in [-0.2, -0.15) is 0 Å². The van der Waals surface area contributed by atoms with Gasteiger partial charge in [0, 0.05) is 5.38 Å². The molecule has 0 fully saturated rings. The van der Waals surface area contributed by atoms with Gasteiger partial charge in [-0.15, -0.1) is 22.9 Å². The highest BCUT2D eigenvalue weighted by atomic mass is 35.5. The third-order valence-corrected chi connectivity index (χ3v) is 3.46. The molecule has 3 heteroatoms. The molecule has 0 aliphatic heterocycles. The van der Waals surface area contributed by atoms with Crippen LogP contribution >= 0.6 is 34.5 Å². The molecule has 0 amide bonds. The van der Waals surface area contributed by atoms with Gasteiger partial charge in [-0.25, -0.2) is 0 Å². The van der Waals surface area contributed by atoms with Gasteiger partial charge in [0.05, 0.1) is 4.34 Å². The first-order valence-electron chi connectivity index (χ1n) is 4.31. The van der Waals surface area contributed by atoms with Crippen molar-refractivity contribution in [1.82, 2.24) is 0 Å². The Labute approximate surface area is 93.9 Å². The van der Waals surface area contributed by atoms with E-state index >= 15 is 0 Å². The van der Waals surface area contributed by atoms with Crippen molar-refractivity contribution in [3.8, 4) is 0 Å². The fourth-order valence-electron chi connectivity index (χ4n) is 1.60. The summed E-state index contributed by atoms with van der Waals surface area (Å²) in [6, 6.07) is 2.09. The van der Waals surface area contributed by atoms with E-state index in [1.807, 2.05) is 12.3 Å². The van der Waals surface area contributed by atoms with Crippen LogP contribution in [0.1, 0.15) is 32.8 Å². The monoisotopic (exact) mass is 236 g/mol. The average Bonchev–Trinajstić information content (AvgIpc) is 2.32. The number of halogens is 2. The second kappa shape index (κ2) is 4.20. The van der Waals surface area contributed by atoms with Crippen LogP contribution in [0.15, 0.2) is 11.4 Å². The lowest BCUT2D eigenvalue weighted by Gasteiger charge is -2.25. The predicted octanol–water partition coefficient (Wildman–Crippen LogP) is 4.70. The van der Waals surface area contributed by atoms with Crippen LogP contribution in [0.25, 0.3) is 0 Å². The summed E-state index contributed by atoms with van der Waals surface area (Å²) in [7, 11) is 0. The van der Waals surface area contributed by atoms with Crippen LogP contribution in [0.5, 0.6) is 0 Å². The van der Waals surface area contributed by atoms with Crippen molar-refractivity contribution in [1.29, 1.82) is 0 Å². The van der Waals surface area contributed by atoms with E-state index in [0.29, 0.717) is 0 Å². The molecule has 1 rings (SSSR count). The Balaban J connectivity index is 2.87. The molecule has 0 aromatic carbocycles. The maximum absolute atomic E-state index is 6.08. The van der Waals surface area contributed by atoms with Gasteiger partial charge in [0.25, 0.3) is 0 Å². The molecule has 1 aromatic heterocycles. The normalized spacial score (nSPS) is 14.5.